The molecule has 2 aromatic heterocycles. The highest BCUT2D eigenvalue weighted by molar-refractivity contribution is 5.52. The molecule has 1 aliphatic rings. The second kappa shape index (κ2) is 5.18. The van der Waals surface area contributed by atoms with E-state index in [4.69, 9.17) is 0 Å². The minimum atomic E-state index is -4.70. The SMILES string of the molecule is Cc1cc(NC2(c3ccc(C(F)(F)F)c(F)c3)CC2)n2ccnc2n1. The molecule has 1 aliphatic carbocycles. The summed E-state index contributed by atoms with van der Waals surface area (Å²) in [5, 5.41) is 3.34. The molecule has 0 spiro atoms. The Morgan fingerprint density at radius 3 is 2.60 bits per heavy atom. The maximum absolute atomic E-state index is 13.9. The molecule has 0 bridgehead atoms. The van der Waals surface area contributed by atoms with Gasteiger partial charge in [-0.25, -0.2) is 14.4 Å². The summed E-state index contributed by atoms with van der Waals surface area (Å²) < 4.78 is 53.9. The van der Waals surface area contributed by atoms with Crippen molar-refractivity contribution in [1.29, 1.82) is 0 Å². The number of nitrogens with one attached hydrogen (secondary N) is 1. The van der Waals surface area contributed by atoms with E-state index < -0.39 is 23.1 Å². The number of fused-ring (bicyclic) bond motifs is 1. The van der Waals surface area contributed by atoms with Gasteiger partial charge in [-0.3, -0.25) is 4.40 Å². The number of benzene rings is 1. The summed E-state index contributed by atoms with van der Waals surface area (Å²) in [6, 6.07) is 4.94. The summed E-state index contributed by atoms with van der Waals surface area (Å²) in [5.74, 6) is -0.00790. The number of halogens is 4. The Kier molecular flexibility index (Phi) is 3.28. The quantitative estimate of drug-likeness (QED) is 0.716. The van der Waals surface area contributed by atoms with Gasteiger partial charge in [0.2, 0.25) is 5.78 Å². The van der Waals surface area contributed by atoms with E-state index in [0.29, 0.717) is 24.2 Å². The highest BCUT2D eigenvalue weighted by Crippen LogP contribution is 2.49. The molecular weight excluding hydrogens is 336 g/mol. The number of anilines is 1. The van der Waals surface area contributed by atoms with Crippen molar-refractivity contribution in [3.8, 4) is 0 Å². The van der Waals surface area contributed by atoms with Crippen LogP contribution in [0.2, 0.25) is 0 Å². The molecule has 1 aromatic carbocycles. The van der Waals surface area contributed by atoms with E-state index in [9.17, 15) is 17.6 Å². The average molecular weight is 350 g/mol. The topological polar surface area (TPSA) is 42.2 Å². The zero-order valence-electron chi connectivity index (χ0n) is 13.2. The van der Waals surface area contributed by atoms with E-state index in [0.717, 1.165) is 23.6 Å². The normalized spacial score (nSPS) is 16.2. The second-order valence-electron chi connectivity index (χ2n) is 6.28. The number of hydrogen-bond donors (Lipinski definition) is 1. The van der Waals surface area contributed by atoms with Gasteiger partial charge in [-0.15, -0.1) is 0 Å². The van der Waals surface area contributed by atoms with Gasteiger partial charge in [0.15, 0.2) is 0 Å². The zero-order valence-corrected chi connectivity index (χ0v) is 13.2. The highest BCUT2D eigenvalue weighted by Gasteiger charge is 2.46. The lowest BCUT2D eigenvalue weighted by Crippen LogP contribution is -2.21. The molecule has 4 nitrogen and oxygen atoms in total. The molecule has 0 atom stereocenters. The van der Waals surface area contributed by atoms with Gasteiger partial charge in [0.1, 0.15) is 11.6 Å². The van der Waals surface area contributed by atoms with Crippen molar-refractivity contribution in [2.45, 2.75) is 31.5 Å². The fourth-order valence-corrected chi connectivity index (χ4v) is 3.02. The fraction of sp³-hybridized carbons (Fsp3) is 0.294. The molecule has 0 radical (unpaired) electrons. The van der Waals surface area contributed by atoms with Crippen LogP contribution in [-0.2, 0) is 11.7 Å². The summed E-state index contributed by atoms with van der Waals surface area (Å²) >= 11 is 0. The first-order chi connectivity index (χ1) is 11.8. The monoisotopic (exact) mass is 350 g/mol. The Labute approximate surface area is 140 Å². The van der Waals surface area contributed by atoms with Gasteiger partial charge < -0.3 is 5.32 Å². The van der Waals surface area contributed by atoms with E-state index >= 15 is 0 Å². The first-order valence-electron chi connectivity index (χ1n) is 7.75. The first-order valence-corrected chi connectivity index (χ1v) is 7.75. The van der Waals surface area contributed by atoms with Crippen molar-refractivity contribution in [3.05, 3.63) is 59.3 Å². The van der Waals surface area contributed by atoms with E-state index in [-0.39, 0.29) is 0 Å². The fourth-order valence-electron chi connectivity index (χ4n) is 3.02. The Hall–Kier alpha value is -2.64. The van der Waals surface area contributed by atoms with Crippen LogP contribution in [0.3, 0.4) is 0 Å². The lowest BCUT2D eigenvalue weighted by Gasteiger charge is -2.21. The molecule has 2 heterocycles. The van der Waals surface area contributed by atoms with Gasteiger partial charge >= 0.3 is 6.18 Å². The van der Waals surface area contributed by atoms with Gasteiger partial charge in [-0.1, -0.05) is 6.07 Å². The molecule has 8 heteroatoms. The third-order valence-electron chi connectivity index (χ3n) is 4.45. The molecule has 1 N–H and O–H groups in total. The molecule has 0 aliphatic heterocycles. The van der Waals surface area contributed by atoms with Gasteiger partial charge in [0, 0.05) is 24.2 Å². The van der Waals surface area contributed by atoms with Crippen molar-refractivity contribution in [2.24, 2.45) is 0 Å². The number of rotatable bonds is 3. The van der Waals surface area contributed by atoms with Crippen LogP contribution in [0.25, 0.3) is 5.78 Å². The van der Waals surface area contributed by atoms with Crippen LogP contribution in [0.5, 0.6) is 0 Å². The third kappa shape index (κ3) is 2.71. The molecule has 3 aromatic rings. The first kappa shape index (κ1) is 15.9. The highest BCUT2D eigenvalue weighted by atomic mass is 19.4. The largest absolute Gasteiger partial charge is 0.419 e. The van der Waals surface area contributed by atoms with Gasteiger partial charge in [0.05, 0.1) is 11.1 Å². The van der Waals surface area contributed by atoms with Crippen molar-refractivity contribution in [3.63, 3.8) is 0 Å². The van der Waals surface area contributed by atoms with Crippen LogP contribution in [0.15, 0.2) is 36.7 Å². The lowest BCUT2D eigenvalue weighted by molar-refractivity contribution is -0.140. The number of nitrogens with zero attached hydrogens (tertiary/aromatic N) is 3. The minimum Gasteiger partial charge on any atom is -0.362 e. The predicted molar refractivity (Wildman–Crippen MR) is 83.7 cm³/mol. The Morgan fingerprint density at radius 1 is 1.20 bits per heavy atom. The Balaban J connectivity index is 1.71. The number of aromatic nitrogens is 3. The predicted octanol–water partition coefficient (Wildman–Crippen LogP) is 4.30. The number of alkyl halides is 3. The zero-order chi connectivity index (χ0) is 17.8. The standard InChI is InChI=1S/C17H14F4N4/c1-10-8-14(25-7-6-22-15(25)23-10)24-16(4-5-16)11-2-3-12(13(18)9-11)17(19,20)21/h2-3,6-9,24H,4-5H2,1H3. The molecule has 25 heavy (non-hydrogen) atoms. The molecule has 0 amide bonds. The van der Waals surface area contributed by atoms with Crippen LogP contribution in [0.4, 0.5) is 23.4 Å². The van der Waals surface area contributed by atoms with Gasteiger partial charge in [0.25, 0.3) is 0 Å². The van der Waals surface area contributed by atoms with E-state index in [1.54, 1.807) is 16.8 Å². The lowest BCUT2D eigenvalue weighted by atomic mass is 10.0. The van der Waals surface area contributed by atoms with E-state index in [1.165, 1.54) is 6.07 Å². The molecule has 1 fully saturated rings. The molecular formula is C17H14F4N4. The van der Waals surface area contributed by atoms with Gasteiger partial charge in [-0.05, 0) is 37.5 Å². The second-order valence-corrected chi connectivity index (χ2v) is 6.28. The third-order valence-corrected chi connectivity index (χ3v) is 4.45. The smallest absolute Gasteiger partial charge is 0.362 e. The summed E-state index contributed by atoms with van der Waals surface area (Å²) in [5.41, 5.74) is -0.559. The van der Waals surface area contributed by atoms with Crippen LogP contribution < -0.4 is 5.32 Å². The minimum absolute atomic E-state index is 0.501. The molecule has 130 valence electrons. The molecule has 0 saturated heterocycles. The van der Waals surface area contributed by atoms with Crippen LogP contribution >= 0.6 is 0 Å². The summed E-state index contributed by atoms with van der Waals surface area (Å²) in [6.07, 6.45) is 0.0700. The van der Waals surface area contributed by atoms with Crippen molar-refractivity contribution < 1.29 is 17.6 Å². The summed E-state index contributed by atoms with van der Waals surface area (Å²) in [7, 11) is 0. The average Bonchev–Trinajstić information content (AvgIpc) is 3.14. The van der Waals surface area contributed by atoms with Crippen LogP contribution in [0.1, 0.15) is 29.7 Å². The van der Waals surface area contributed by atoms with Crippen molar-refractivity contribution in [1.82, 2.24) is 14.4 Å². The number of aryl methyl sites for hydroxylation is 1. The maximum atomic E-state index is 13.9. The Morgan fingerprint density at radius 2 is 1.96 bits per heavy atom. The maximum Gasteiger partial charge on any atom is 0.419 e. The summed E-state index contributed by atoms with van der Waals surface area (Å²) in [6.45, 7) is 1.83. The number of imidazole rings is 1. The number of hydrogen-bond acceptors (Lipinski definition) is 3. The van der Waals surface area contributed by atoms with Crippen LogP contribution in [0, 0.1) is 12.7 Å². The van der Waals surface area contributed by atoms with Crippen molar-refractivity contribution >= 4 is 11.6 Å². The molecule has 1 saturated carbocycles. The molecule has 4 rings (SSSR count). The molecule has 0 unspecified atom stereocenters. The van der Waals surface area contributed by atoms with E-state index in [2.05, 4.69) is 15.3 Å². The van der Waals surface area contributed by atoms with Gasteiger partial charge in [-0.2, -0.15) is 13.2 Å². The summed E-state index contributed by atoms with van der Waals surface area (Å²) in [4.78, 5) is 8.44. The van der Waals surface area contributed by atoms with E-state index in [1.807, 2.05) is 13.0 Å². The van der Waals surface area contributed by atoms with Crippen LogP contribution in [-0.4, -0.2) is 14.4 Å². The van der Waals surface area contributed by atoms with Crippen molar-refractivity contribution in [2.75, 3.05) is 5.32 Å². The Bertz CT molecular complexity index is 957.